The van der Waals surface area contributed by atoms with Gasteiger partial charge in [0.15, 0.2) is 0 Å². The average Bonchev–Trinajstić information content (AvgIpc) is 3.41. The molecule has 0 atom stereocenters. The highest BCUT2D eigenvalue weighted by atomic mass is 19.3. The summed E-state index contributed by atoms with van der Waals surface area (Å²) in [5.74, 6) is -1.67. The van der Waals surface area contributed by atoms with Gasteiger partial charge in [0.2, 0.25) is 5.89 Å². The second-order valence-electron chi connectivity index (χ2n) is 7.42. The van der Waals surface area contributed by atoms with Crippen molar-refractivity contribution in [2.24, 2.45) is 7.05 Å². The molecule has 0 radical (unpaired) electrons. The number of rotatable bonds is 5. The Bertz CT molecular complexity index is 1520. The minimum Gasteiger partial charge on any atom is -0.415 e. The van der Waals surface area contributed by atoms with Crippen molar-refractivity contribution in [3.05, 3.63) is 88.7 Å². The van der Waals surface area contributed by atoms with E-state index in [1.54, 1.807) is 19.4 Å². The molecule has 5 aromatic rings. The van der Waals surface area contributed by atoms with Crippen LogP contribution in [0.2, 0.25) is 0 Å². The number of hydrogen-bond donors (Lipinski definition) is 0. The molecule has 3 heterocycles. The Morgan fingerprint density at radius 2 is 1.70 bits per heavy atom. The Hall–Kier alpha value is -4.21. The van der Waals surface area contributed by atoms with E-state index < -0.39 is 18.1 Å². The second kappa shape index (κ2) is 8.05. The number of hydrogen-bond acceptors (Lipinski definition) is 5. The molecule has 0 saturated heterocycles. The topological polar surface area (TPSA) is 78.7 Å². The van der Waals surface area contributed by atoms with Gasteiger partial charge in [-0.1, -0.05) is 12.1 Å². The lowest BCUT2D eigenvalue weighted by Gasteiger charge is -2.08. The maximum atomic E-state index is 14.9. The van der Waals surface area contributed by atoms with E-state index in [2.05, 4.69) is 15.2 Å². The Morgan fingerprint density at radius 3 is 2.39 bits per heavy atom. The minimum absolute atomic E-state index is 0.0196. The number of halogens is 3. The lowest BCUT2D eigenvalue weighted by molar-refractivity contribution is 0.116. The van der Waals surface area contributed by atoms with Gasteiger partial charge in [0.1, 0.15) is 5.82 Å². The average molecular weight is 451 g/mol. The number of pyridine rings is 1. The number of benzene rings is 2. The van der Waals surface area contributed by atoms with Crippen molar-refractivity contribution in [1.29, 1.82) is 0 Å². The van der Waals surface area contributed by atoms with Gasteiger partial charge in [-0.2, -0.15) is 8.78 Å². The summed E-state index contributed by atoms with van der Waals surface area (Å²) in [6, 6.07) is 13.4. The first-order chi connectivity index (χ1) is 15.9. The maximum absolute atomic E-state index is 14.9. The molecule has 0 fully saturated rings. The fraction of sp³-hybridized carbons (Fsp3) is 0.130. The Labute approximate surface area is 184 Å². The third-order valence-corrected chi connectivity index (χ3v) is 5.41. The van der Waals surface area contributed by atoms with Gasteiger partial charge in [-0.3, -0.25) is 14.1 Å². The van der Waals surface area contributed by atoms with Crippen LogP contribution in [0.15, 0.2) is 70.1 Å². The van der Waals surface area contributed by atoms with E-state index in [4.69, 9.17) is 4.42 Å². The zero-order valence-electron chi connectivity index (χ0n) is 17.2. The van der Waals surface area contributed by atoms with Crippen molar-refractivity contribution in [3.63, 3.8) is 0 Å². The van der Waals surface area contributed by atoms with E-state index in [9.17, 15) is 18.0 Å². The number of nitrogens with zero attached hydrogens (tertiary/aromatic N) is 5. The van der Waals surface area contributed by atoms with E-state index in [0.717, 1.165) is 17.2 Å². The summed E-state index contributed by atoms with van der Waals surface area (Å²) in [6.07, 6.45) is 0.454. The molecular formula is C23H16F3N5O2. The van der Waals surface area contributed by atoms with Gasteiger partial charge in [0, 0.05) is 30.6 Å². The molecule has 3 aromatic heterocycles. The van der Waals surface area contributed by atoms with Crippen LogP contribution in [0.3, 0.4) is 0 Å². The minimum atomic E-state index is -2.91. The lowest BCUT2D eigenvalue weighted by atomic mass is 10.1. The zero-order chi connectivity index (χ0) is 23.1. The molecule has 33 heavy (non-hydrogen) atoms. The van der Waals surface area contributed by atoms with Crippen LogP contribution in [-0.4, -0.2) is 24.3 Å². The molecule has 0 bridgehead atoms. The van der Waals surface area contributed by atoms with Gasteiger partial charge < -0.3 is 4.42 Å². The normalized spacial score (nSPS) is 11.5. The van der Waals surface area contributed by atoms with Gasteiger partial charge in [0.25, 0.3) is 5.89 Å². The Kier molecular flexibility index (Phi) is 5.04. The van der Waals surface area contributed by atoms with Crippen molar-refractivity contribution in [2.45, 2.75) is 13.0 Å². The highest BCUT2D eigenvalue weighted by Crippen LogP contribution is 2.27. The number of imidazole rings is 1. The summed E-state index contributed by atoms with van der Waals surface area (Å²) < 4.78 is 48.1. The van der Waals surface area contributed by atoms with Crippen LogP contribution < -0.4 is 5.69 Å². The van der Waals surface area contributed by atoms with Crippen molar-refractivity contribution in [3.8, 4) is 22.6 Å². The molecular weight excluding hydrogens is 435 g/mol. The van der Waals surface area contributed by atoms with Crippen molar-refractivity contribution in [1.82, 2.24) is 24.3 Å². The molecule has 5 rings (SSSR count). The van der Waals surface area contributed by atoms with E-state index in [-0.39, 0.29) is 29.3 Å². The second-order valence-corrected chi connectivity index (χ2v) is 7.42. The highest BCUT2D eigenvalue weighted by molar-refractivity contribution is 5.82. The third kappa shape index (κ3) is 3.69. The molecule has 0 aliphatic carbocycles. The summed E-state index contributed by atoms with van der Waals surface area (Å²) >= 11 is 0. The van der Waals surface area contributed by atoms with Crippen LogP contribution in [0.25, 0.3) is 33.6 Å². The van der Waals surface area contributed by atoms with Gasteiger partial charge >= 0.3 is 12.1 Å². The smallest absolute Gasteiger partial charge is 0.329 e. The van der Waals surface area contributed by atoms with Crippen molar-refractivity contribution >= 4 is 11.0 Å². The van der Waals surface area contributed by atoms with Gasteiger partial charge in [0.05, 0.1) is 17.6 Å². The molecule has 10 heteroatoms. The fourth-order valence-corrected chi connectivity index (χ4v) is 3.71. The molecule has 0 saturated carbocycles. The first-order valence-corrected chi connectivity index (χ1v) is 9.92. The molecule has 0 N–H and O–H groups in total. The first kappa shape index (κ1) is 20.7. The maximum Gasteiger partial charge on any atom is 0.329 e. The molecule has 0 amide bonds. The van der Waals surface area contributed by atoms with Crippen LogP contribution in [0.1, 0.15) is 17.9 Å². The number of aryl methyl sites for hydroxylation is 1. The Morgan fingerprint density at radius 1 is 0.939 bits per heavy atom. The van der Waals surface area contributed by atoms with Gasteiger partial charge in [-0.15, -0.1) is 10.2 Å². The predicted octanol–water partition coefficient (Wildman–Crippen LogP) is 4.58. The molecule has 7 nitrogen and oxygen atoms in total. The molecule has 0 unspecified atom stereocenters. The van der Waals surface area contributed by atoms with E-state index in [1.165, 1.54) is 21.3 Å². The predicted molar refractivity (Wildman–Crippen MR) is 114 cm³/mol. The van der Waals surface area contributed by atoms with Crippen LogP contribution in [0, 0.1) is 5.82 Å². The molecule has 2 aromatic carbocycles. The summed E-state index contributed by atoms with van der Waals surface area (Å²) in [5.41, 5.74) is 3.31. The van der Waals surface area contributed by atoms with Crippen molar-refractivity contribution < 1.29 is 17.6 Å². The SMILES string of the molecule is Cn1c(=O)n(Cc2ccc(-c3nnc(C(F)F)o3)cc2F)c2cc(-c3ccncc3)ccc21. The quantitative estimate of drug-likeness (QED) is 0.391. The number of alkyl halides is 2. The third-order valence-electron chi connectivity index (χ3n) is 5.41. The molecule has 166 valence electrons. The van der Waals surface area contributed by atoms with Crippen LogP contribution in [0.5, 0.6) is 0 Å². The zero-order valence-corrected chi connectivity index (χ0v) is 17.2. The molecule has 0 aliphatic heterocycles. The molecule has 0 aliphatic rings. The van der Waals surface area contributed by atoms with Crippen LogP contribution in [-0.2, 0) is 13.6 Å². The fourth-order valence-electron chi connectivity index (χ4n) is 3.71. The number of aromatic nitrogens is 5. The standard InChI is InChI=1S/C23H16F3N5O2/c1-30-18-5-4-14(13-6-8-27-9-7-13)11-19(18)31(23(30)32)12-16-3-2-15(10-17(16)24)21-28-29-22(33-21)20(25)26/h2-11,20H,12H2,1H3. The number of fused-ring (bicyclic) bond motifs is 1. The van der Waals surface area contributed by atoms with E-state index in [1.807, 2.05) is 30.3 Å². The summed E-state index contributed by atoms with van der Waals surface area (Å²) in [7, 11) is 1.66. The summed E-state index contributed by atoms with van der Waals surface area (Å²) in [4.78, 5) is 16.9. The molecule has 0 spiro atoms. The van der Waals surface area contributed by atoms with Crippen molar-refractivity contribution in [2.75, 3.05) is 0 Å². The van der Waals surface area contributed by atoms with Crippen LogP contribution >= 0.6 is 0 Å². The van der Waals surface area contributed by atoms with E-state index >= 15 is 0 Å². The highest BCUT2D eigenvalue weighted by Gasteiger charge is 2.19. The van der Waals surface area contributed by atoms with E-state index in [0.29, 0.717) is 11.0 Å². The van der Waals surface area contributed by atoms with Gasteiger partial charge in [-0.05, 0) is 47.5 Å². The lowest BCUT2D eigenvalue weighted by Crippen LogP contribution is -2.23. The Balaban J connectivity index is 1.53. The van der Waals surface area contributed by atoms with Gasteiger partial charge in [-0.25, -0.2) is 9.18 Å². The first-order valence-electron chi connectivity index (χ1n) is 9.92. The summed E-state index contributed by atoms with van der Waals surface area (Å²) in [5, 5.41) is 6.79. The monoisotopic (exact) mass is 451 g/mol. The van der Waals surface area contributed by atoms with Crippen LogP contribution in [0.4, 0.5) is 13.2 Å². The largest absolute Gasteiger partial charge is 0.415 e. The summed E-state index contributed by atoms with van der Waals surface area (Å²) in [6.45, 7) is -0.0196.